The molecule has 8 heteroatoms. The summed E-state index contributed by atoms with van der Waals surface area (Å²) in [5, 5.41) is 6.82. The van der Waals surface area contributed by atoms with E-state index in [1.807, 2.05) is 6.92 Å². The largest absolute Gasteiger partial charge is 0.492 e. The average Bonchev–Trinajstić information content (AvgIpc) is 3.38. The van der Waals surface area contributed by atoms with Crippen LogP contribution in [0, 0.1) is 5.92 Å². The number of halogens is 2. The average molecular weight is 375 g/mol. The number of aromatic nitrogens is 3. The van der Waals surface area contributed by atoms with Crippen molar-refractivity contribution in [2.45, 2.75) is 32.8 Å². The first-order valence-corrected chi connectivity index (χ1v) is 8.87. The maximum Gasteiger partial charge on any atom is 0.387 e. The fourth-order valence-corrected chi connectivity index (χ4v) is 3.21. The Morgan fingerprint density at radius 2 is 2.15 bits per heavy atom. The topological polar surface area (TPSA) is 80.0 Å². The van der Waals surface area contributed by atoms with Crippen molar-refractivity contribution >= 4 is 10.9 Å². The van der Waals surface area contributed by atoms with E-state index in [2.05, 4.69) is 19.9 Å². The van der Waals surface area contributed by atoms with Crippen LogP contribution in [-0.4, -0.2) is 28.4 Å². The van der Waals surface area contributed by atoms with E-state index in [1.165, 1.54) is 12.1 Å². The molecule has 2 heterocycles. The summed E-state index contributed by atoms with van der Waals surface area (Å²) in [6.07, 6.45) is 4.38. The fraction of sp³-hybridized carbons (Fsp3) is 0.368. The lowest BCUT2D eigenvalue weighted by Crippen LogP contribution is -2.07. The lowest BCUT2D eigenvalue weighted by molar-refractivity contribution is -0.0499. The van der Waals surface area contributed by atoms with E-state index in [1.54, 1.807) is 12.3 Å². The van der Waals surface area contributed by atoms with Gasteiger partial charge in [0.25, 0.3) is 5.56 Å². The van der Waals surface area contributed by atoms with Crippen LogP contribution in [0.1, 0.15) is 25.3 Å². The van der Waals surface area contributed by atoms with Gasteiger partial charge in [0, 0.05) is 11.6 Å². The molecule has 0 aliphatic heterocycles. The summed E-state index contributed by atoms with van der Waals surface area (Å²) < 4.78 is 35.6. The monoisotopic (exact) mass is 375 g/mol. The van der Waals surface area contributed by atoms with Crippen molar-refractivity contribution in [3.8, 4) is 22.8 Å². The van der Waals surface area contributed by atoms with Gasteiger partial charge >= 0.3 is 6.61 Å². The minimum absolute atomic E-state index is 0.0354. The van der Waals surface area contributed by atoms with Crippen LogP contribution < -0.4 is 15.0 Å². The molecule has 0 amide bonds. The molecule has 4 rings (SSSR count). The SMILES string of the molecule is CCc1c(-c2ccc(OC(F)F)cc2OCC2CC2)[nH]c2cn[nH]c(=O)c12. The van der Waals surface area contributed by atoms with E-state index in [4.69, 9.17) is 4.74 Å². The predicted octanol–water partition coefficient (Wildman–Crippen LogP) is 3.87. The third-order valence-electron chi connectivity index (χ3n) is 4.69. The van der Waals surface area contributed by atoms with E-state index in [0.29, 0.717) is 41.2 Å². The summed E-state index contributed by atoms with van der Waals surface area (Å²) in [6, 6.07) is 4.61. The van der Waals surface area contributed by atoms with Crippen LogP contribution >= 0.6 is 0 Å². The van der Waals surface area contributed by atoms with Gasteiger partial charge in [-0.2, -0.15) is 13.9 Å². The number of ether oxygens (including phenoxy) is 2. The molecule has 2 N–H and O–H groups in total. The highest BCUT2D eigenvalue weighted by Crippen LogP contribution is 2.39. The second-order valence-corrected chi connectivity index (χ2v) is 6.61. The molecule has 27 heavy (non-hydrogen) atoms. The molecule has 0 saturated heterocycles. The van der Waals surface area contributed by atoms with E-state index in [9.17, 15) is 13.6 Å². The van der Waals surface area contributed by atoms with Crippen molar-refractivity contribution in [2.24, 2.45) is 5.92 Å². The van der Waals surface area contributed by atoms with E-state index in [0.717, 1.165) is 24.1 Å². The van der Waals surface area contributed by atoms with Crippen LogP contribution in [-0.2, 0) is 6.42 Å². The number of aryl methyl sites for hydroxylation is 1. The second-order valence-electron chi connectivity index (χ2n) is 6.61. The molecule has 0 atom stereocenters. The Hall–Kier alpha value is -2.90. The Morgan fingerprint density at radius 3 is 2.85 bits per heavy atom. The quantitative estimate of drug-likeness (QED) is 0.657. The van der Waals surface area contributed by atoms with Gasteiger partial charge in [0.05, 0.1) is 29.4 Å². The van der Waals surface area contributed by atoms with E-state index in [-0.39, 0.29) is 11.3 Å². The summed E-state index contributed by atoms with van der Waals surface area (Å²) in [4.78, 5) is 15.4. The Kier molecular flexibility index (Phi) is 4.55. The van der Waals surface area contributed by atoms with E-state index < -0.39 is 6.61 Å². The maximum absolute atomic E-state index is 12.6. The third kappa shape index (κ3) is 3.51. The Labute approximate surface area is 153 Å². The van der Waals surface area contributed by atoms with Crippen LogP contribution in [0.4, 0.5) is 8.78 Å². The predicted molar refractivity (Wildman–Crippen MR) is 96.4 cm³/mol. The number of nitrogens with one attached hydrogen (secondary N) is 2. The van der Waals surface area contributed by atoms with Crippen molar-refractivity contribution in [3.05, 3.63) is 40.3 Å². The summed E-state index contributed by atoms with van der Waals surface area (Å²) in [7, 11) is 0. The summed E-state index contributed by atoms with van der Waals surface area (Å²) in [6.45, 7) is -0.434. The number of hydrogen-bond donors (Lipinski definition) is 2. The number of rotatable bonds is 7. The zero-order chi connectivity index (χ0) is 19.0. The maximum atomic E-state index is 12.6. The zero-order valence-corrected chi connectivity index (χ0v) is 14.7. The van der Waals surface area contributed by atoms with Gasteiger partial charge in [-0.05, 0) is 42.9 Å². The van der Waals surface area contributed by atoms with Crippen LogP contribution in [0.15, 0.2) is 29.2 Å². The Morgan fingerprint density at radius 1 is 1.33 bits per heavy atom. The molecule has 0 bridgehead atoms. The summed E-state index contributed by atoms with van der Waals surface area (Å²) in [5.74, 6) is 0.983. The lowest BCUT2D eigenvalue weighted by Gasteiger charge is -2.14. The molecule has 1 fully saturated rings. The van der Waals surface area contributed by atoms with Gasteiger partial charge in [0.2, 0.25) is 0 Å². The van der Waals surface area contributed by atoms with Gasteiger partial charge in [0.1, 0.15) is 11.5 Å². The molecule has 142 valence electrons. The smallest absolute Gasteiger partial charge is 0.387 e. The molecule has 6 nitrogen and oxygen atoms in total. The molecule has 3 aromatic rings. The number of fused-ring (bicyclic) bond motifs is 1. The van der Waals surface area contributed by atoms with Crippen molar-refractivity contribution in [3.63, 3.8) is 0 Å². The molecule has 0 spiro atoms. The normalized spacial score (nSPS) is 14.1. The van der Waals surface area contributed by atoms with Crippen molar-refractivity contribution < 1.29 is 18.3 Å². The van der Waals surface area contributed by atoms with Crippen LogP contribution in [0.25, 0.3) is 22.2 Å². The number of aromatic amines is 2. The van der Waals surface area contributed by atoms with Crippen molar-refractivity contribution in [1.29, 1.82) is 0 Å². The Bertz CT molecular complexity index is 1020. The molecule has 1 aromatic carbocycles. The fourth-order valence-electron chi connectivity index (χ4n) is 3.21. The number of hydrogen-bond acceptors (Lipinski definition) is 4. The van der Waals surface area contributed by atoms with Gasteiger partial charge in [0.15, 0.2) is 0 Å². The minimum Gasteiger partial charge on any atom is -0.492 e. The lowest BCUT2D eigenvalue weighted by atomic mass is 10.0. The molecular weight excluding hydrogens is 356 g/mol. The molecule has 0 unspecified atom stereocenters. The molecule has 1 saturated carbocycles. The molecule has 2 aromatic heterocycles. The highest BCUT2D eigenvalue weighted by molar-refractivity contribution is 5.90. The molecular formula is C19H19F2N3O3. The molecule has 0 radical (unpaired) electrons. The van der Waals surface area contributed by atoms with Crippen molar-refractivity contribution in [1.82, 2.24) is 15.2 Å². The van der Waals surface area contributed by atoms with Gasteiger partial charge < -0.3 is 14.5 Å². The third-order valence-corrected chi connectivity index (χ3v) is 4.69. The van der Waals surface area contributed by atoms with Gasteiger partial charge in [-0.3, -0.25) is 4.79 Å². The zero-order valence-electron chi connectivity index (χ0n) is 14.7. The van der Waals surface area contributed by atoms with Crippen molar-refractivity contribution in [2.75, 3.05) is 6.61 Å². The first-order chi connectivity index (χ1) is 13.1. The van der Waals surface area contributed by atoms with Gasteiger partial charge in [-0.15, -0.1) is 0 Å². The summed E-state index contributed by atoms with van der Waals surface area (Å²) in [5.41, 5.74) is 2.59. The van der Waals surface area contributed by atoms with Crippen LogP contribution in [0.3, 0.4) is 0 Å². The van der Waals surface area contributed by atoms with Gasteiger partial charge in [-0.25, -0.2) is 5.10 Å². The number of benzene rings is 1. The highest BCUT2D eigenvalue weighted by atomic mass is 19.3. The summed E-state index contributed by atoms with van der Waals surface area (Å²) >= 11 is 0. The van der Waals surface area contributed by atoms with E-state index >= 15 is 0 Å². The molecule has 1 aliphatic rings. The minimum atomic E-state index is -2.91. The first-order valence-electron chi connectivity index (χ1n) is 8.87. The van der Waals surface area contributed by atoms with Crippen LogP contribution in [0.5, 0.6) is 11.5 Å². The molecule has 1 aliphatic carbocycles. The Balaban J connectivity index is 1.83. The van der Waals surface area contributed by atoms with Crippen LogP contribution in [0.2, 0.25) is 0 Å². The first kappa shape index (κ1) is 17.5. The number of alkyl halides is 2. The van der Waals surface area contributed by atoms with Gasteiger partial charge in [-0.1, -0.05) is 6.92 Å². The number of H-pyrrole nitrogens is 2. The second kappa shape index (κ2) is 7.02. The standard InChI is InChI=1S/C19H19F2N3O3/c1-2-12-16-14(8-22-24-18(16)25)23-17(12)13-6-5-11(27-19(20)21)7-15(13)26-9-10-3-4-10/h5-8,10,19,23H,2-4,9H2,1H3,(H,24,25). The highest BCUT2D eigenvalue weighted by Gasteiger charge is 2.24. The number of nitrogens with zero attached hydrogens (tertiary/aromatic N) is 1.